The molecule has 0 unspecified atom stereocenters. The van der Waals surface area contributed by atoms with Gasteiger partial charge in [-0.3, -0.25) is 25.5 Å². The molecule has 0 aromatic heterocycles. The van der Waals surface area contributed by atoms with Gasteiger partial charge >= 0.3 is 6.09 Å². The lowest BCUT2D eigenvalue weighted by atomic mass is 10.1. The smallest absolute Gasteiger partial charge is 0.411 e. The lowest BCUT2D eigenvalue weighted by Crippen LogP contribution is -2.14. The molecule has 0 bridgehead atoms. The van der Waals surface area contributed by atoms with Gasteiger partial charge in [-0.25, -0.2) is 4.79 Å². The monoisotopic (exact) mass is 317 g/mol. The molecule has 0 saturated heterocycles. The first-order valence-electron chi connectivity index (χ1n) is 6.38. The maximum atomic E-state index is 11.7. The van der Waals surface area contributed by atoms with Gasteiger partial charge in [0.1, 0.15) is 12.2 Å². The number of hydrogen-bond acceptors (Lipinski definition) is 6. The Bertz CT molecular complexity index is 715. The van der Waals surface area contributed by atoms with Crippen LogP contribution in [-0.2, 0) is 11.3 Å². The molecule has 2 aromatic carbocycles. The first-order valence-corrected chi connectivity index (χ1v) is 6.38. The van der Waals surface area contributed by atoms with Crippen molar-refractivity contribution in [3.05, 3.63) is 74.3 Å². The van der Waals surface area contributed by atoms with Gasteiger partial charge in [0.05, 0.1) is 9.85 Å². The van der Waals surface area contributed by atoms with Crippen LogP contribution in [0.3, 0.4) is 0 Å². The SMILES string of the molecule is O=C(Nc1ccccc1)OCc1c([N+](=O)[O-])cccc1[N+](=O)[O-]. The summed E-state index contributed by atoms with van der Waals surface area (Å²) in [6, 6.07) is 11.8. The average molecular weight is 317 g/mol. The Morgan fingerprint density at radius 1 is 0.957 bits per heavy atom. The van der Waals surface area contributed by atoms with E-state index in [0.717, 1.165) is 12.1 Å². The minimum atomic E-state index is -0.872. The van der Waals surface area contributed by atoms with Crippen molar-refractivity contribution in [3.8, 4) is 0 Å². The van der Waals surface area contributed by atoms with Crippen LogP contribution >= 0.6 is 0 Å². The Labute approximate surface area is 129 Å². The van der Waals surface area contributed by atoms with Crippen LogP contribution in [-0.4, -0.2) is 15.9 Å². The standard InChI is InChI=1S/C14H11N3O6/c18-14(15-10-5-2-1-3-6-10)23-9-11-12(16(19)20)7-4-8-13(11)17(21)22/h1-8H,9H2,(H,15,18). The van der Waals surface area contributed by atoms with E-state index in [4.69, 9.17) is 4.74 Å². The molecule has 0 saturated carbocycles. The molecule has 9 nitrogen and oxygen atoms in total. The zero-order valence-corrected chi connectivity index (χ0v) is 11.7. The summed E-state index contributed by atoms with van der Waals surface area (Å²) in [5, 5.41) is 24.3. The second kappa shape index (κ2) is 6.98. The summed E-state index contributed by atoms with van der Waals surface area (Å²) >= 11 is 0. The Balaban J connectivity index is 2.14. The Hall–Kier alpha value is -3.49. The molecule has 0 spiro atoms. The highest BCUT2D eigenvalue weighted by Gasteiger charge is 2.25. The van der Waals surface area contributed by atoms with E-state index < -0.39 is 33.9 Å². The summed E-state index contributed by atoms with van der Waals surface area (Å²) in [6.07, 6.45) is -0.872. The quantitative estimate of drug-likeness (QED) is 0.666. The molecule has 118 valence electrons. The second-order valence-electron chi connectivity index (χ2n) is 4.36. The van der Waals surface area contributed by atoms with Crippen LogP contribution in [0, 0.1) is 20.2 Å². The highest BCUT2D eigenvalue weighted by molar-refractivity contribution is 5.84. The van der Waals surface area contributed by atoms with Crippen LogP contribution in [0.1, 0.15) is 5.56 Å². The first kappa shape index (κ1) is 15.9. The van der Waals surface area contributed by atoms with Gasteiger partial charge in [0.2, 0.25) is 0 Å². The van der Waals surface area contributed by atoms with E-state index in [1.165, 1.54) is 6.07 Å². The molecule has 23 heavy (non-hydrogen) atoms. The van der Waals surface area contributed by atoms with Crippen molar-refractivity contribution in [1.29, 1.82) is 0 Å². The van der Waals surface area contributed by atoms with E-state index >= 15 is 0 Å². The molecule has 2 aromatic rings. The van der Waals surface area contributed by atoms with E-state index in [1.54, 1.807) is 30.3 Å². The maximum absolute atomic E-state index is 11.7. The molecule has 0 aliphatic carbocycles. The summed E-state index contributed by atoms with van der Waals surface area (Å²) in [4.78, 5) is 32.1. The third-order valence-corrected chi connectivity index (χ3v) is 2.89. The number of hydrogen-bond donors (Lipinski definition) is 1. The van der Waals surface area contributed by atoms with E-state index in [9.17, 15) is 25.0 Å². The lowest BCUT2D eigenvalue weighted by molar-refractivity contribution is -0.396. The maximum Gasteiger partial charge on any atom is 0.411 e. The average Bonchev–Trinajstić information content (AvgIpc) is 2.53. The van der Waals surface area contributed by atoms with Crippen LogP contribution in [0.2, 0.25) is 0 Å². The molecule has 0 aliphatic rings. The number of amides is 1. The second-order valence-corrected chi connectivity index (χ2v) is 4.36. The molecule has 0 aliphatic heterocycles. The fourth-order valence-electron chi connectivity index (χ4n) is 1.87. The summed E-state index contributed by atoms with van der Waals surface area (Å²) < 4.78 is 4.85. The van der Waals surface area contributed by atoms with Crippen molar-refractivity contribution < 1.29 is 19.4 Å². The lowest BCUT2D eigenvalue weighted by Gasteiger charge is -2.07. The zero-order valence-electron chi connectivity index (χ0n) is 11.7. The molecule has 0 atom stereocenters. The van der Waals surface area contributed by atoms with Crippen molar-refractivity contribution in [3.63, 3.8) is 0 Å². The number of nitro benzene ring substituents is 2. The minimum absolute atomic E-state index is 0.272. The fourth-order valence-corrected chi connectivity index (χ4v) is 1.87. The third-order valence-electron chi connectivity index (χ3n) is 2.89. The third kappa shape index (κ3) is 4.00. The van der Waals surface area contributed by atoms with Gasteiger partial charge in [0.15, 0.2) is 0 Å². The van der Waals surface area contributed by atoms with Gasteiger partial charge in [-0.2, -0.15) is 0 Å². The number of carbonyl (C=O) groups excluding carboxylic acids is 1. The first-order chi connectivity index (χ1) is 11.0. The predicted octanol–water partition coefficient (Wildman–Crippen LogP) is 3.25. The number of nitrogens with one attached hydrogen (secondary N) is 1. The van der Waals surface area contributed by atoms with Gasteiger partial charge in [-0.1, -0.05) is 18.2 Å². The molecule has 2 rings (SSSR count). The van der Waals surface area contributed by atoms with Gasteiger partial charge in [-0.15, -0.1) is 0 Å². The van der Waals surface area contributed by atoms with Gasteiger partial charge in [-0.05, 0) is 18.2 Å². The highest BCUT2D eigenvalue weighted by Crippen LogP contribution is 2.28. The van der Waals surface area contributed by atoms with Crippen LogP contribution in [0.4, 0.5) is 21.9 Å². The number of para-hydroxylation sites is 1. The molecular weight excluding hydrogens is 306 g/mol. The van der Waals surface area contributed by atoms with Crippen LogP contribution in [0.15, 0.2) is 48.5 Å². The Morgan fingerprint density at radius 2 is 1.52 bits per heavy atom. The topological polar surface area (TPSA) is 125 Å². The van der Waals surface area contributed by atoms with Crippen LogP contribution < -0.4 is 5.32 Å². The molecule has 9 heteroatoms. The Morgan fingerprint density at radius 3 is 2.04 bits per heavy atom. The molecule has 0 fully saturated rings. The molecule has 0 heterocycles. The van der Waals surface area contributed by atoms with Crippen molar-refractivity contribution in [1.82, 2.24) is 0 Å². The van der Waals surface area contributed by atoms with Crippen molar-refractivity contribution >= 4 is 23.2 Å². The largest absolute Gasteiger partial charge is 0.444 e. The molecule has 1 amide bonds. The molecule has 0 radical (unpaired) electrons. The molecule has 1 N–H and O–H groups in total. The van der Waals surface area contributed by atoms with Gasteiger partial charge in [0, 0.05) is 17.8 Å². The summed E-state index contributed by atoms with van der Waals surface area (Å²) in [5.41, 5.74) is -0.765. The van der Waals surface area contributed by atoms with E-state index in [2.05, 4.69) is 5.32 Å². The zero-order chi connectivity index (χ0) is 16.8. The van der Waals surface area contributed by atoms with E-state index in [1.807, 2.05) is 0 Å². The number of carbonyl (C=O) groups is 1. The minimum Gasteiger partial charge on any atom is -0.444 e. The van der Waals surface area contributed by atoms with Crippen molar-refractivity contribution in [2.75, 3.05) is 5.32 Å². The van der Waals surface area contributed by atoms with Crippen molar-refractivity contribution in [2.24, 2.45) is 0 Å². The van der Waals surface area contributed by atoms with E-state index in [-0.39, 0.29) is 5.56 Å². The van der Waals surface area contributed by atoms with Gasteiger partial charge in [0.25, 0.3) is 11.4 Å². The van der Waals surface area contributed by atoms with E-state index in [0.29, 0.717) is 5.69 Å². The highest BCUT2D eigenvalue weighted by atomic mass is 16.6. The predicted molar refractivity (Wildman–Crippen MR) is 80.0 cm³/mol. The number of anilines is 1. The number of nitro groups is 2. The van der Waals surface area contributed by atoms with Gasteiger partial charge < -0.3 is 4.74 Å². The summed E-state index contributed by atoms with van der Waals surface area (Å²) in [5.74, 6) is 0. The Kier molecular flexibility index (Phi) is 4.82. The van der Waals surface area contributed by atoms with Crippen LogP contribution in [0.25, 0.3) is 0 Å². The normalized spacial score (nSPS) is 9.91. The molecular formula is C14H11N3O6. The fraction of sp³-hybridized carbons (Fsp3) is 0.0714. The number of nitrogens with zero attached hydrogens (tertiary/aromatic N) is 2. The summed E-state index contributed by atoms with van der Waals surface area (Å²) in [6.45, 7) is -0.591. The number of rotatable bonds is 5. The number of ether oxygens (including phenoxy) is 1. The summed E-state index contributed by atoms with van der Waals surface area (Å²) in [7, 11) is 0. The van der Waals surface area contributed by atoms with Crippen LogP contribution in [0.5, 0.6) is 0 Å². The number of benzene rings is 2. The van der Waals surface area contributed by atoms with Crippen molar-refractivity contribution in [2.45, 2.75) is 6.61 Å².